The van der Waals surface area contributed by atoms with Gasteiger partial charge in [0, 0.05) is 37.2 Å². The molecule has 0 aliphatic carbocycles. The minimum Gasteiger partial charge on any atom is -0.507 e. The highest BCUT2D eigenvalue weighted by Gasteiger charge is 2.39. The first-order valence-electron chi connectivity index (χ1n) is 13.2. The lowest BCUT2D eigenvalue weighted by molar-refractivity contribution is -0.127. The number of aromatic nitrogens is 2. The molecule has 0 saturated heterocycles. The van der Waals surface area contributed by atoms with Crippen LogP contribution in [0.3, 0.4) is 0 Å². The van der Waals surface area contributed by atoms with Gasteiger partial charge >= 0.3 is 0 Å². The van der Waals surface area contributed by atoms with Crippen LogP contribution in [0, 0.1) is 6.92 Å². The van der Waals surface area contributed by atoms with Crippen LogP contribution in [0.2, 0.25) is 0 Å². The lowest BCUT2D eigenvalue weighted by Gasteiger charge is -2.38. The maximum absolute atomic E-state index is 13.9. The fourth-order valence-electron chi connectivity index (χ4n) is 5.48. The number of aryl methyl sites for hydroxylation is 1. The van der Waals surface area contributed by atoms with Crippen LogP contribution in [0.1, 0.15) is 64.2 Å². The van der Waals surface area contributed by atoms with E-state index in [9.17, 15) is 14.7 Å². The average molecular weight is 594 g/mol. The van der Waals surface area contributed by atoms with Gasteiger partial charge in [-0.25, -0.2) is 4.68 Å². The number of amides is 2. The van der Waals surface area contributed by atoms with Crippen LogP contribution in [0.15, 0.2) is 53.5 Å². The van der Waals surface area contributed by atoms with Crippen molar-refractivity contribution in [3.8, 4) is 11.4 Å². The van der Waals surface area contributed by atoms with Gasteiger partial charge in [0.25, 0.3) is 5.91 Å². The Kier molecular flexibility index (Phi) is 7.64. The van der Waals surface area contributed by atoms with Gasteiger partial charge in [0.15, 0.2) is 0 Å². The Morgan fingerprint density at radius 3 is 2.69 bits per heavy atom. The van der Waals surface area contributed by atoms with Crippen molar-refractivity contribution in [2.24, 2.45) is 0 Å². The number of rotatable bonds is 4. The standard InChI is InChI=1S/C30H33BrN4O4/c1-5-28(37)33-12-13-39-17-23-29-25(35(32-23)24-9-7-20(18(2)3)14-19(24)4)10-11-34(26(29)16-33)30(38)21-6-8-22(31)27(36)15-21/h5-9,14-15,18,26,36H,1,10-13,16-17H2,2-4H3. The van der Waals surface area contributed by atoms with Crippen LogP contribution < -0.4 is 0 Å². The zero-order chi connectivity index (χ0) is 27.8. The minimum absolute atomic E-state index is 0.00120. The van der Waals surface area contributed by atoms with Crippen LogP contribution >= 0.6 is 15.9 Å². The SMILES string of the molecule is C=CC(=O)N1CCOCc2nn(-c3ccc(C(C)C)cc3C)c3c2C(C1)N(C(=O)c1ccc(Br)c(O)c1)CC3. The Balaban J connectivity index is 1.63. The molecular formula is C30H33BrN4O4. The van der Waals surface area contributed by atoms with E-state index in [2.05, 4.69) is 61.5 Å². The van der Waals surface area contributed by atoms with Gasteiger partial charge in [-0.2, -0.15) is 5.10 Å². The van der Waals surface area contributed by atoms with Gasteiger partial charge in [0.05, 0.1) is 40.8 Å². The van der Waals surface area contributed by atoms with Gasteiger partial charge in [-0.1, -0.05) is 32.6 Å². The molecule has 1 atom stereocenters. The summed E-state index contributed by atoms with van der Waals surface area (Å²) < 4.78 is 8.48. The largest absolute Gasteiger partial charge is 0.507 e. The third kappa shape index (κ3) is 5.13. The summed E-state index contributed by atoms with van der Waals surface area (Å²) in [5.74, 6) is -0.00802. The Morgan fingerprint density at radius 1 is 1.21 bits per heavy atom. The number of nitrogens with zero attached hydrogens (tertiary/aromatic N) is 4. The molecule has 3 aromatic rings. The second-order valence-corrected chi connectivity index (χ2v) is 11.2. The lowest BCUT2D eigenvalue weighted by Crippen LogP contribution is -2.47. The molecule has 8 nitrogen and oxygen atoms in total. The molecule has 1 aromatic heterocycles. The first-order valence-corrected chi connectivity index (χ1v) is 14.0. The molecule has 5 rings (SSSR count). The highest BCUT2D eigenvalue weighted by Crippen LogP contribution is 2.38. The van der Waals surface area contributed by atoms with Gasteiger partial charge in [0.2, 0.25) is 5.91 Å². The Labute approximate surface area is 237 Å². The second kappa shape index (κ2) is 11.0. The molecule has 2 amide bonds. The number of ether oxygens (including phenoxy) is 1. The number of aromatic hydroxyl groups is 1. The Hall–Kier alpha value is -3.43. The van der Waals surface area contributed by atoms with Crippen molar-refractivity contribution in [3.05, 3.63) is 87.2 Å². The summed E-state index contributed by atoms with van der Waals surface area (Å²) >= 11 is 3.29. The molecular weight excluding hydrogens is 560 g/mol. The average Bonchev–Trinajstić information content (AvgIpc) is 3.32. The van der Waals surface area contributed by atoms with Crippen molar-refractivity contribution in [1.29, 1.82) is 0 Å². The number of hydrogen-bond acceptors (Lipinski definition) is 5. The maximum Gasteiger partial charge on any atom is 0.254 e. The summed E-state index contributed by atoms with van der Waals surface area (Å²) in [4.78, 5) is 30.1. The summed E-state index contributed by atoms with van der Waals surface area (Å²) in [6.45, 7) is 11.9. The highest BCUT2D eigenvalue weighted by molar-refractivity contribution is 9.10. The molecule has 0 bridgehead atoms. The number of carbonyl (C=O) groups excluding carboxylic acids is 2. The van der Waals surface area contributed by atoms with E-state index in [-0.39, 0.29) is 24.2 Å². The lowest BCUT2D eigenvalue weighted by atomic mass is 9.94. The van der Waals surface area contributed by atoms with Crippen molar-refractivity contribution >= 4 is 27.7 Å². The molecule has 0 fully saturated rings. The molecule has 2 aromatic carbocycles. The predicted octanol–water partition coefficient (Wildman–Crippen LogP) is 5.06. The van der Waals surface area contributed by atoms with Gasteiger partial charge in [-0.15, -0.1) is 0 Å². The van der Waals surface area contributed by atoms with E-state index in [1.54, 1.807) is 21.9 Å². The third-order valence-corrected chi connectivity index (χ3v) is 8.26. The number of phenols is 1. The predicted molar refractivity (Wildman–Crippen MR) is 152 cm³/mol. The topological polar surface area (TPSA) is 87.9 Å². The maximum atomic E-state index is 13.9. The smallest absolute Gasteiger partial charge is 0.254 e. The zero-order valence-corrected chi connectivity index (χ0v) is 24.1. The first kappa shape index (κ1) is 27.1. The van der Waals surface area contributed by atoms with Gasteiger partial charge in [0.1, 0.15) is 5.75 Å². The zero-order valence-electron chi connectivity index (χ0n) is 22.5. The summed E-state index contributed by atoms with van der Waals surface area (Å²) in [6, 6.07) is 10.8. The third-order valence-electron chi connectivity index (χ3n) is 7.59. The molecule has 0 radical (unpaired) electrons. The highest BCUT2D eigenvalue weighted by atomic mass is 79.9. The van der Waals surface area contributed by atoms with Crippen LogP contribution in [0.5, 0.6) is 5.75 Å². The number of benzene rings is 2. The van der Waals surface area contributed by atoms with E-state index in [0.29, 0.717) is 48.6 Å². The number of halogens is 1. The van der Waals surface area contributed by atoms with Crippen LogP contribution in [-0.2, 0) is 22.6 Å². The number of hydrogen-bond donors (Lipinski definition) is 1. The van der Waals surface area contributed by atoms with Crippen molar-refractivity contribution in [2.45, 2.75) is 45.8 Å². The van der Waals surface area contributed by atoms with Crippen LogP contribution in [-0.4, -0.2) is 62.7 Å². The number of phenolic OH excluding ortho intramolecular Hbond substituents is 1. The summed E-state index contributed by atoms with van der Waals surface area (Å²) in [5, 5.41) is 15.3. The van der Waals surface area contributed by atoms with Crippen LogP contribution in [0.4, 0.5) is 0 Å². The molecule has 0 spiro atoms. The molecule has 1 N–H and O–H groups in total. The summed E-state index contributed by atoms with van der Waals surface area (Å²) in [6.07, 6.45) is 1.89. The van der Waals surface area contributed by atoms with Crippen molar-refractivity contribution < 1.29 is 19.4 Å². The Bertz CT molecular complexity index is 1450. The number of carbonyl (C=O) groups is 2. The monoisotopic (exact) mass is 592 g/mol. The van der Waals surface area contributed by atoms with Gasteiger partial charge < -0.3 is 19.6 Å². The molecule has 2 aliphatic heterocycles. The van der Waals surface area contributed by atoms with E-state index >= 15 is 0 Å². The molecule has 0 saturated carbocycles. The van der Waals surface area contributed by atoms with E-state index in [4.69, 9.17) is 9.84 Å². The molecule has 204 valence electrons. The molecule has 39 heavy (non-hydrogen) atoms. The quantitative estimate of drug-likeness (QED) is 0.428. The molecule has 1 unspecified atom stereocenters. The molecule has 2 aliphatic rings. The summed E-state index contributed by atoms with van der Waals surface area (Å²) in [7, 11) is 0. The normalized spacial score (nSPS) is 17.3. The van der Waals surface area contributed by atoms with Crippen molar-refractivity contribution in [3.63, 3.8) is 0 Å². The minimum atomic E-state index is -0.434. The van der Waals surface area contributed by atoms with Gasteiger partial charge in [-0.3, -0.25) is 9.59 Å². The molecule has 9 heteroatoms. The van der Waals surface area contributed by atoms with Crippen LogP contribution in [0.25, 0.3) is 5.69 Å². The Morgan fingerprint density at radius 2 is 2.00 bits per heavy atom. The fraction of sp³-hybridized carbons (Fsp3) is 0.367. The van der Waals surface area contributed by atoms with Crippen molar-refractivity contribution in [2.75, 3.05) is 26.2 Å². The van der Waals surface area contributed by atoms with Gasteiger partial charge in [-0.05, 0) is 70.2 Å². The van der Waals surface area contributed by atoms with Crippen molar-refractivity contribution in [1.82, 2.24) is 19.6 Å². The first-order chi connectivity index (χ1) is 18.7. The van der Waals surface area contributed by atoms with E-state index in [0.717, 1.165) is 28.2 Å². The molecule has 3 heterocycles. The fourth-order valence-corrected chi connectivity index (χ4v) is 5.72. The summed E-state index contributed by atoms with van der Waals surface area (Å²) in [5.41, 5.74) is 6.48. The van der Waals surface area contributed by atoms with E-state index in [1.807, 2.05) is 4.68 Å². The van der Waals surface area contributed by atoms with E-state index < -0.39 is 6.04 Å². The second-order valence-electron chi connectivity index (χ2n) is 10.4. The van der Waals surface area contributed by atoms with E-state index in [1.165, 1.54) is 17.7 Å².